The molecular formula is C19H20ClN7S. The van der Waals surface area contributed by atoms with Gasteiger partial charge >= 0.3 is 0 Å². The van der Waals surface area contributed by atoms with Crippen molar-refractivity contribution in [1.29, 1.82) is 5.26 Å². The molecule has 9 heteroatoms. The smallest absolute Gasteiger partial charge is 0.202 e. The van der Waals surface area contributed by atoms with Crippen molar-refractivity contribution >= 4 is 23.4 Å². The van der Waals surface area contributed by atoms with Crippen LogP contribution in [0.25, 0.3) is 5.69 Å². The fourth-order valence-corrected chi connectivity index (χ4v) is 3.61. The molecule has 3 rings (SSSR count). The highest BCUT2D eigenvalue weighted by Gasteiger charge is 2.23. The predicted molar refractivity (Wildman–Crippen MR) is 109 cm³/mol. The molecule has 7 nitrogen and oxygen atoms in total. The van der Waals surface area contributed by atoms with Crippen molar-refractivity contribution in [3.8, 4) is 11.8 Å². The Balaban J connectivity index is 2.14. The van der Waals surface area contributed by atoms with Gasteiger partial charge in [-0.3, -0.25) is 9.47 Å². The topological polar surface area (TPSA) is 83.5 Å². The van der Waals surface area contributed by atoms with Gasteiger partial charge < -0.3 is 0 Å². The molecule has 0 aliphatic rings. The van der Waals surface area contributed by atoms with Gasteiger partial charge in [-0.25, -0.2) is 0 Å². The Labute approximate surface area is 173 Å². The molecule has 0 aliphatic carbocycles. The van der Waals surface area contributed by atoms with Gasteiger partial charge in [0.2, 0.25) is 5.16 Å². The number of hydrogen-bond acceptors (Lipinski definition) is 7. The fraction of sp³-hybridized carbons (Fsp3) is 0.316. The number of benzene rings is 1. The molecule has 0 saturated carbocycles. The summed E-state index contributed by atoms with van der Waals surface area (Å²) in [6.45, 7) is 5.77. The van der Waals surface area contributed by atoms with Gasteiger partial charge in [0.25, 0.3) is 0 Å². The Morgan fingerprint density at radius 2 is 1.79 bits per heavy atom. The molecule has 0 fully saturated rings. The summed E-state index contributed by atoms with van der Waals surface area (Å²) >= 11 is 7.34. The molecule has 0 amide bonds. The van der Waals surface area contributed by atoms with E-state index in [0.717, 1.165) is 22.8 Å². The van der Waals surface area contributed by atoms with E-state index in [-0.39, 0.29) is 6.04 Å². The van der Waals surface area contributed by atoms with Crippen molar-refractivity contribution in [3.63, 3.8) is 0 Å². The van der Waals surface area contributed by atoms with Crippen molar-refractivity contribution in [3.05, 3.63) is 51.9 Å². The molecule has 144 valence electrons. The minimum Gasteiger partial charge on any atom is -0.300 e. The fourth-order valence-electron chi connectivity index (χ4n) is 2.56. The highest BCUT2D eigenvalue weighted by atomic mass is 35.5. The van der Waals surface area contributed by atoms with E-state index in [1.807, 2.05) is 56.8 Å². The zero-order valence-corrected chi connectivity index (χ0v) is 17.9. The molecule has 1 aromatic carbocycles. The molecule has 3 aromatic rings. The summed E-state index contributed by atoms with van der Waals surface area (Å²) in [7, 11) is 3.97. The van der Waals surface area contributed by atoms with E-state index >= 15 is 0 Å². The Kier molecular flexibility index (Phi) is 5.98. The van der Waals surface area contributed by atoms with E-state index in [2.05, 4.69) is 38.3 Å². The Bertz CT molecular complexity index is 1040. The Morgan fingerprint density at radius 1 is 1.11 bits per heavy atom. The molecule has 0 saturated heterocycles. The lowest BCUT2D eigenvalue weighted by Crippen LogP contribution is -2.20. The molecule has 0 unspecified atom stereocenters. The largest absolute Gasteiger partial charge is 0.300 e. The lowest BCUT2D eigenvalue weighted by Gasteiger charge is -2.20. The van der Waals surface area contributed by atoms with Crippen molar-refractivity contribution in [1.82, 2.24) is 29.9 Å². The number of aromatic nitrogens is 5. The zero-order chi connectivity index (χ0) is 20.4. The zero-order valence-electron chi connectivity index (χ0n) is 16.3. The highest BCUT2D eigenvalue weighted by Crippen LogP contribution is 2.33. The normalized spacial score (nSPS) is 12.2. The third-order valence-corrected chi connectivity index (χ3v) is 5.79. The monoisotopic (exact) mass is 413 g/mol. The maximum Gasteiger partial charge on any atom is 0.202 e. The van der Waals surface area contributed by atoms with E-state index in [1.165, 1.54) is 11.8 Å². The minimum absolute atomic E-state index is 0.0267. The quantitative estimate of drug-likeness (QED) is 0.625. The summed E-state index contributed by atoms with van der Waals surface area (Å²) in [6.07, 6.45) is 0. The molecule has 0 N–H and O–H groups in total. The third-order valence-electron chi connectivity index (χ3n) is 4.61. The summed E-state index contributed by atoms with van der Waals surface area (Å²) in [5.74, 6) is 0.783. The number of halogens is 1. The maximum atomic E-state index is 9.59. The number of nitrogens with zero attached hydrogens (tertiary/aromatic N) is 7. The van der Waals surface area contributed by atoms with Gasteiger partial charge in [-0.15, -0.1) is 15.3 Å². The number of nitriles is 1. The number of aryl methyl sites for hydroxylation is 1. The van der Waals surface area contributed by atoms with Crippen molar-refractivity contribution < 1.29 is 0 Å². The van der Waals surface area contributed by atoms with Crippen molar-refractivity contribution in [2.24, 2.45) is 0 Å². The average Bonchev–Trinajstić information content (AvgIpc) is 3.08. The summed E-state index contributed by atoms with van der Waals surface area (Å²) < 4.78 is 1.96. The van der Waals surface area contributed by atoms with E-state index in [0.29, 0.717) is 20.8 Å². The second kappa shape index (κ2) is 8.27. The first kappa shape index (κ1) is 20.3. The molecule has 0 radical (unpaired) electrons. The van der Waals surface area contributed by atoms with Crippen LogP contribution in [0.3, 0.4) is 0 Å². The van der Waals surface area contributed by atoms with Gasteiger partial charge in [0.05, 0.1) is 17.3 Å². The van der Waals surface area contributed by atoms with Crippen molar-refractivity contribution in [2.75, 3.05) is 14.1 Å². The number of hydrogen-bond donors (Lipinski definition) is 0. The van der Waals surface area contributed by atoms with Crippen LogP contribution >= 0.6 is 23.4 Å². The Hall–Kier alpha value is -2.47. The van der Waals surface area contributed by atoms with Gasteiger partial charge in [-0.2, -0.15) is 10.4 Å². The first-order chi connectivity index (χ1) is 13.3. The molecule has 0 bridgehead atoms. The summed E-state index contributed by atoms with van der Waals surface area (Å²) in [5, 5.41) is 28.5. The first-order valence-corrected chi connectivity index (χ1v) is 9.82. The molecule has 28 heavy (non-hydrogen) atoms. The molecular weight excluding hydrogens is 394 g/mol. The third kappa shape index (κ3) is 3.87. The van der Waals surface area contributed by atoms with E-state index in [1.54, 1.807) is 0 Å². The van der Waals surface area contributed by atoms with Crippen LogP contribution in [0.15, 0.2) is 34.4 Å². The van der Waals surface area contributed by atoms with Crippen LogP contribution in [0.4, 0.5) is 0 Å². The molecule has 0 aliphatic heterocycles. The van der Waals surface area contributed by atoms with E-state index in [9.17, 15) is 5.26 Å². The lowest BCUT2D eigenvalue weighted by atomic mass is 10.1. The summed E-state index contributed by atoms with van der Waals surface area (Å²) in [6, 6.07) is 9.74. The van der Waals surface area contributed by atoms with Crippen LogP contribution < -0.4 is 0 Å². The van der Waals surface area contributed by atoms with Crippen molar-refractivity contribution in [2.45, 2.75) is 37.0 Å². The Morgan fingerprint density at radius 3 is 2.39 bits per heavy atom. The second-order valence-corrected chi connectivity index (χ2v) is 7.99. The lowest BCUT2D eigenvalue weighted by molar-refractivity contribution is 0.305. The molecule has 1 atom stereocenters. The van der Waals surface area contributed by atoms with Crippen LogP contribution in [0, 0.1) is 25.2 Å². The van der Waals surface area contributed by atoms with Crippen LogP contribution in [-0.4, -0.2) is 44.0 Å². The van der Waals surface area contributed by atoms with Crippen LogP contribution in [0.5, 0.6) is 0 Å². The van der Waals surface area contributed by atoms with E-state index < -0.39 is 0 Å². The number of rotatable bonds is 5. The SMILES string of the molecule is Cc1nnc(Sc2nnc([C@H](C)N(C)C)n2-c2ccc(Cl)cc2)c(C#N)c1C. The summed E-state index contributed by atoms with van der Waals surface area (Å²) in [5.41, 5.74) is 2.95. The van der Waals surface area contributed by atoms with Gasteiger partial charge in [0, 0.05) is 10.7 Å². The molecule has 2 heterocycles. The van der Waals surface area contributed by atoms with Gasteiger partial charge in [-0.05, 0) is 76.5 Å². The minimum atomic E-state index is 0.0267. The maximum absolute atomic E-state index is 9.59. The highest BCUT2D eigenvalue weighted by molar-refractivity contribution is 7.99. The average molecular weight is 414 g/mol. The van der Waals surface area contributed by atoms with Gasteiger partial charge in [0.15, 0.2) is 5.82 Å². The first-order valence-electron chi connectivity index (χ1n) is 8.63. The van der Waals surface area contributed by atoms with Crippen LogP contribution in [-0.2, 0) is 0 Å². The summed E-state index contributed by atoms with van der Waals surface area (Å²) in [4.78, 5) is 2.06. The molecule has 2 aromatic heterocycles. The van der Waals surface area contributed by atoms with Gasteiger partial charge in [-0.1, -0.05) is 11.6 Å². The second-order valence-electron chi connectivity index (χ2n) is 6.60. The predicted octanol–water partition coefficient (Wildman–Crippen LogP) is 3.97. The standard InChI is InChI=1S/C19H20ClN7S/c1-11-12(2)22-24-18(16(11)10-21)28-19-25-23-17(13(3)26(4)5)27(19)15-8-6-14(20)7-9-15/h6-9,13H,1-5H3/t13-/m0/s1. The van der Waals surface area contributed by atoms with Crippen LogP contribution in [0.2, 0.25) is 5.02 Å². The van der Waals surface area contributed by atoms with E-state index in [4.69, 9.17) is 11.6 Å². The van der Waals surface area contributed by atoms with Crippen LogP contribution in [0.1, 0.15) is 35.6 Å². The molecule has 0 spiro atoms. The van der Waals surface area contributed by atoms with Gasteiger partial charge in [0.1, 0.15) is 11.1 Å².